The number of carbonyl (C=O) groups is 2. The first-order valence-electron chi connectivity index (χ1n) is 16.3. The van der Waals surface area contributed by atoms with E-state index >= 15 is 0 Å². The molecule has 48 heavy (non-hydrogen) atoms. The fraction of sp³-hybridized carbons (Fsp3) is 0.471. The highest BCUT2D eigenvalue weighted by Crippen LogP contribution is 2.25. The predicted molar refractivity (Wildman–Crippen MR) is 177 cm³/mol. The van der Waals surface area contributed by atoms with Crippen molar-refractivity contribution in [1.29, 1.82) is 0 Å². The number of aryl methyl sites for hydroxylation is 2. The second-order valence-corrected chi connectivity index (χ2v) is 12.0. The molecule has 0 spiro atoms. The lowest BCUT2D eigenvalue weighted by Crippen LogP contribution is -2.49. The van der Waals surface area contributed by atoms with Crippen molar-refractivity contribution < 1.29 is 28.5 Å². The van der Waals surface area contributed by atoms with Gasteiger partial charge in [0.2, 0.25) is 0 Å². The number of carbonyl (C=O) groups excluding carboxylic acids is 1. The van der Waals surface area contributed by atoms with E-state index in [1.54, 1.807) is 4.90 Å². The normalized spacial score (nSPS) is 16.9. The monoisotopic (exact) mass is 660 g/mol. The fourth-order valence-corrected chi connectivity index (χ4v) is 5.73. The van der Waals surface area contributed by atoms with Crippen molar-refractivity contribution in [3.63, 3.8) is 0 Å². The Balaban J connectivity index is 0.000000188. The molecule has 4 heterocycles. The number of piperazine rings is 2. The molecule has 2 atom stereocenters. The highest BCUT2D eigenvalue weighted by molar-refractivity contribution is 5.67. The number of benzene rings is 2. The molecule has 2 aromatic carbocycles. The number of carboxylic acid groups (broad SMARTS) is 1. The quantitative estimate of drug-likeness (QED) is 0.274. The van der Waals surface area contributed by atoms with Gasteiger partial charge in [-0.25, -0.2) is 9.59 Å². The number of rotatable bonds is 7. The first-order chi connectivity index (χ1) is 23.1. The maximum atomic E-state index is 11.8. The van der Waals surface area contributed by atoms with Crippen molar-refractivity contribution in [2.45, 2.75) is 46.7 Å². The molecule has 2 saturated heterocycles. The van der Waals surface area contributed by atoms with Crippen LogP contribution in [0.2, 0.25) is 0 Å². The van der Waals surface area contributed by atoms with Gasteiger partial charge in [-0.3, -0.25) is 9.80 Å². The van der Waals surface area contributed by atoms with Gasteiger partial charge >= 0.3 is 12.2 Å². The van der Waals surface area contributed by atoms with E-state index < -0.39 is 6.09 Å². The van der Waals surface area contributed by atoms with Crippen molar-refractivity contribution in [2.75, 3.05) is 59.0 Å². The number of aromatic nitrogens is 4. The summed E-state index contributed by atoms with van der Waals surface area (Å²) in [5.74, 6) is 2.35. The molecule has 2 aliphatic heterocycles. The molecular formula is C34H44N8O6. The van der Waals surface area contributed by atoms with E-state index in [4.69, 9.17) is 18.9 Å². The van der Waals surface area contributed by atoms with Crippen molar-refractivity contribution >= 4 is 12.2 Å². The van der Waals surface area contributed by atoms with Crippen molar-refractivity contribution in [2.24, 2.45) is 0 Å². The van der Waals surface area contributed by atoms with Gasteiger partial charge in [0.15, 0.2) is 11.6 Å². The Kier molecular flexibility index (Phi) is 11.4. The molecule has 2 amide bonds. The lowest BCUT2D eigenvalue weighted by molar-refractivity contribution is 0.0669. The molecule has 1 N–H and O–H groups in total. The molecule has 2 fully saturated rings. The predicted octanol–water partition coefficient (Wildman–Crippen LogP) is 5.28. The Hall–Kier alpha value is -4.82. The first-order valence-corrected chi connectivity index (χ1v) is 16.3. The molecule has 0 bridgehead atoms. The molecular weight excluding hydrogens is 616 g/mol. The summed E-state index contributed by atoms with van der Waals surface area (Å²) in [7, 11) is 0. The van der Waals surface area contributed by atoms with Gasteiger partial charge in [0.1, 0.15) is 0 Å². The average molecular weight is 661 g/mol. The molecule has 4 aromatic rings. The third-order valence-electron chi connectivity index (χ3n) is 8.68. The van der Waals surface area contributed by atoms with Crippen molar-refractivity contribution in [3.8, 4) is 22.9 Å². The fourth-order valence-electron chi connectivity index (χ4n) is 5.73. The SMILES string of the molecule is CCOC(=O)N1CCN([C@@H](C)c2noc(-c3cccc(C)c3)n2)CC1.Cc1cccc(-c2nc([C@@H](C)N3CCN(C(=O)O)CC3)no2)c1. The number of nitrogens with zero attached hydrogens (tertiary/aromatic N) is 8. The van der Waals surface area contributed by atoms with Crippen LogP contribution in [0.15, 0.2) is 57.6 Å². The largest absolute Gasteiger partial charge is 0.465 e. The van der Waals surface area contributed by atoms with Crippen LogP contribution in [0.5, 0.6) is 0 Å². The number of hydrogen-bond acceptors (Lipinski definition) is 11. The average Bonchev–Trinajstić information content (AvgIpc) is 3.80. The maximum absolute atomic E-state index is 11.8. The summed E-state index contributed by atoms with van der Waals surface area (Å²) in [6, 6.07) is 16.0. The molecule has 2 aliphatic rings. The molecule has 0 unspecified atom stereocenters. The van der Waals surface area contributed by atoms with E-state index in [9.17, 15) is 9.59 Å². The summed E-state index contributed by atoms with van der Waals surface area (Å²) in [5, 5.41) is 17.2. The van der Waals surface area contributed by atoms with Gasteiger partial charge in [-0.1, -0.05) is 45.7 Å². The van der Waals surface area contributed by atoms with Crippen LogP contribution in [0.4, 0.5) is 9.59 Å². The number of ether oxygens (including phenoxy) is 1. The molecule has 6 rings (SSSR count). The maximum Gasteiger partial charge on any atom is 0.409 e. The van der Waals surface area contributed by atoms with Crippen LogP contribution in [0.25, 0.3) is 22.9 Å². The van der Waals surface area contributed by atoms with Gasteiger partial charge in [-0.2, -0.15) is 9.97 Å². The van der Waals surface area contributed by atoms with E-state index in [2.05, 4.69) is 37.0 Å². The van der Waals surface area contributed by atoms with E-state index in [0.717, 1.165) is 35.3 Å². The van der Waals surface area contributed by atoms with E-state index in [1.807, 2.05) is 76.2 Å². The standard InChI is InChI=1S/C18H24N4O3.C16H20N4O3/c1-4-24-18(23)22-10-8-21(9-11-22)14(3)16-19-17(25-20-16)15-7-5-6-13(2)12-15;1-11-4-3-5-13(10-11)15-17-14(18-23-15)12(2)19-6-8-20(9-7-19)16(21)22/h5-7,12,14H,4,8-11H2,1-3H3;3-5,10,12H,6-9H2,1-2H3,(H,21,22)/t14-;12-/m01/s1. The summed E-state index contributed by atoms with van der Waals surface area (Å²) < 4.78 is 15.9. The third kappa shape index (κ3) is 8.55. The zero-order valence-corrected chi connectivity index (χ0v) is 28.2. The number of amides is 2. The lowest BCUT2D eigenvalue weighted by Gasteiger charge is -2.36. The minimum Gasteiger partial charge on any atom is -0.465 e. The molecule has 14 heteroatoms. The Bertz CT molecular complexity index is 1660. The Labute approximate surface area is 280 Å². The van der Waals surface area contributed by atoms with Gasteiger partial charge in [0, 0.05) is 63.5 Å². The highest BCUT2D eigenvalue weighted by atomic mass is 16.6. The van der Waals surface area contributed by atoms with E-state index in [-0.39, 0.29) is 18.2 Å². The van der Waals surface area contributed by atoms with Crippen LogP contribution in [-0.4, -0.2) is 116 Å². The molecule has 2 aromatic heterocycles. The Morgan fingerprint density at radius 3 is 1.58 bits per heavy atom. The Morgan fingerprint density at radius 1 is 0.750 bits per heavy atom. The van der Waals surface area contributed by atoms with Crippen LogP contribution < -0.4 is 0 Å². The van der Waals surface area contributed by atoms with Gasteiger partial charge in [-0.05, 0) is 58.9 Å². The summed E-state index contributed by atoms with van der Waals surface area (Å²) in [5.41, 5.74) is 4.13. The smallest absolute Gasteiger partial charge is 0.409 e. The second-order valence-electron chi connectivity index (χ2n) is 12.0. The highest BCUT2D eigenvalue weighted by Gasteiger charge is 2.29. The van der Waals surface area contributed by atoms with Crippen LogP contribution in [0, 0.1) is 13.8 Å². The van der Waals surface area contributed by atoms with Crippen LogP contribution in [0.3, 0.4) is 0 Å². The van der Waals surface area contributed by atoms with E-state index in [1.165, 1.54) is 4.90 Å². The molecule has 14 nitrogen and oxygen atoms in total. The minimum absolute atomic E-state index is 0.00625. The topological polar surface area (TPSA) is 154 Å². The van der Waals surface area contributed by atoms with Crippen molar-refractivity contribution in [3.05, 3.63) is 71.3 Å². The molecule has 0 aliphatic carbocycles. The van der Waals surface area contributed by atoms with Gasteiger partial charge in [0.05, 0.1) is 18.7 Å². The van der Waals surface area contributed by atoms with E-state index in [0.29, 0.717) is 69.3 Å². The second kappa shape index (κ2) is 15.8. The van der Waals surface area contributed by atoms with Gasteiger partial charge in [0.25, 0.3) is 11.8 Å². The first kappa shape index (κ1) is 34.5. The van der Waals surface area contributed by atoms with Crippen LogP contribution in [0.1, 0.15) is 55.6 Å². The molecule has 256 valence electrons. The zero-order valence-electron chi connectivity index (χ0n) is 28.2. The zero-order chi connectivity index (χ0) is 34.2. The Morgan fingerprint density at radius 2 is 1.19 bits per heavy atom. The third-order valence-corrected chi connectivity index (χ3v) is 8.68. The molecule has 0 saturated carbocycles. The summed E-state index contributed by atoms with van der Waals surface area (Å²) in [6.07, 6.45) is -1.10. The summed E-state index contributed by atoms with van der Waals surface area (Å²) in [4.78, 5) is 39.4. The number of hydrogen-bond donors (Lipinski definition) is 1. The summed E-state index contributed by atoms with van der Waals surface area (Å²) >= 11 is 0. The van der Waals surface area contributed by atoms with Gasteiger partial charge < -0.3 is 28.7 Å². The van der Waals surface area contributed by atoms with Crippen LogP contribution >= 0.6 is 0 Å². The van der Waals surface area contributed by atoms with Gasteiger partial charge in [-0.15, -0.1) is 0 Å². The minimum atomic E-state index is -0.862. The summed E-state index contributed by atoms with van der Waals surface area (Å²) in [6.45, 7) is 15.5. The van der Waals surface area contributed by atoms with Crippen LogP contribution in [-0.2, 0) is 4.74 Å². The lowest BCUT2D eigenvalue weighted by atomic mass is 10.1. The van der Waals surface area contributed by atoms with Crippen molar-refractivity contribution in [1.82, 2.24) is 39.9 Å². The molecule has 0 radical (unpaired) electrons.